The highest BCUT2D eigenvalue weighted by Gasteiger charge is 2.62. The summed E-state index contributed by atoms with van der Waals surface area (Å²) < 4.78 is 43.0. The third-order valence-electron chi connectivity index (χ3n) is 3.36. The Morgan fingerprint density at radius 2 is 2.11 bits per heavy atom. The van der Waals surface area contributed by atoms with Crippen molar-refractivity contribution in [2.24, 2.45) is 0 Å². The Kier molecular flexibility index (Phi) is 3.33. The maximum atomic E-state index is 12.8. The zero-order valence-corrected chi connectivity index (χ0v) is 10.3. The molecule has 1 aromatic rings. The standard InChI is InChI=1S/C12H15F3N2O/c1-9-4-3-5-16-10(9)6-17-7-11(8-17,18-2)12(13,14)15/h3-5H,6-8H2,1-2H3. The first-order valence-electron chi connectivity index (χ1n) is 5.63. The van der Waals surface area contributed by atoms with Crippen LogP contribution in [0.25, 0.3) is 0 Å². The molecular weight excluding hydrogens is 245 g/mol. The van der Waals surface area contributed by atoms with Crippen LogP contribution in [0.2, 0.25) is 0 Å². The molecule has 0 radical (unpaired) electrons. The molecule has 100 valence electrons. The summed E-state index contributed by atoms with van der Waals surface area (Å²) >= 11 is 0. The number of nitrogens with zero attached hydrogens (tertiary/aromatic N) is 2. The number of likely N-dealkylation sites (tertiary alicyclic amines) is 1. The average molecular weight is 260 g/mol. The number of hydrogen-bond donors (Lipinski definition) is 0. The summed E-state index contributed by atoms with van der Waals surface area (Å²) in [6, 6.07) is 3.71. The maximum absolute atomic E-state index is 12.8. The first kappa shape index (κ1) is 13.3. The van der Waals surface area contributed by atoms with Crippen LogP contribution in [0, 0.1) is 6.92 Å². The van der Waals surface area contributed by atoms with Crippen molar-refractivity contribution >= 4 is 0 Å². The van der Waals surface area contributed by atoms with Gasteiger partial charge in [-0.1, -0.05) is 6.07 Å². The fourth-order valence-electron chi connectivity index (χ4n) is 2.11. The lowest BCUT2D eigenvalue weighted by molar-refractivity contribution is -0.312. The highest BCUT2D eigenvalue weighted by molar-refractivity contribution is 5.18. The number of hydrogen-bond acceptors (Lipinski definition) is 3. The van der Waals surface area contributed by atoms with Gasteiger partial charge in [-0.3, -0.25) is 9.88 Å². The number of ether oxygens (including phenoxy) is 1. The number of rotatable bonds is 3. The van der Waals surface area contributed by atoms with Crippen LogP contribution in [-0.2, 0) is 11.3 Å². The second-order valence-corrected chi connectivity index (χ2v) is 4.61. The Labute approximate surface area is 104 Å². The molecule has 0 atom stereocenters. The second-order valence-electron chi connectivity index (χ2n) is 4.61. The molecule has 1 aliphatic heterocycles. The predicted molar refractivity (Wildman–Crippen MR) is 60.0 cm³/mol. The van der Waals surface area contributed by atoms with Gasteiger partial charge in [0.1, 0.15) is 0 Å². The van der Waals surface area contributed by atoms with Gasteiger partial charge in [0.05, 0.1) is 5.69 Å². The van der Waals surface area contributed by atoms with Gasteiger partial charge in [0.2, 0.25) is 0 Å². The third kappa shape index (κ3) is 2.22. The summed E-state index contributed by atoms with van der Waals surface area (Å²) in [5, 5.41) is 0. The zero-order valence-electron chi connectivity index (χ0n) is 10.3. The molecular formula is C12H15F3N2O. The van der Waals surface area contributed by atoms with Gasteiger partial charge in [-0.15, -0.1) is 0 Å². The molecule has 0 saturated carbocycles. The third-order valence-corrected chi connectivity index (χ3v) is 3.36. The number of halogens is 3. The summed E-state index contributed by atoms with van der Waals surface area (Å²) in [6.07, 6.45) is -2.67. The van der Waals surface area contributed by atoms with Crippen molar-refractivity contribution in [2.75, 3.05) is 20.2 Å². The van der Waals surface area contributed by atoms with Gasteiger partial charge in [0.15, 0.2) is 5.60 Å². The van der Waals surface area contributed by atoms with Gasteiger partial charge < -0.3 is 4.74 Å². The number of pyridine rings is 1. The van der Waals surface area contributed by atoms with E-state index in [0.29, 0.717) is 6.54 Å². The lowest BCUT2D eigenvalue weighted by atomic mass is 9.92. The van der Waals surface area contributed by atoms with Gasteiger partial charge >= 0.3 is 6.18 Å². The molecule has 1 aliphatic rings. The minimum atomic E-state index is -4.32. The number of alkyl halides is 3. The lowest BCUT2D eigenvalue weighted by Gasteiger charge is -2.49. The number of methoxy groups -OCH3 is 1. The van der Waals surface area contributed by atoms with E-state index in [1.54, 1.807) is 11.1 Å². The normalized spacial score (nSPS) is 19.6. The van der Waals surface area contributed by atoms with Gasteiger partial charge in [-0.05, 0) is 18.6 Å². The average Bonchev–Trinajstić information content (AvgIpc) is 2.23. The molecule has 1 fully saturated rings. The molecule has 0 amide bonds. The molecule has 3 nitrogen and oxygen atoms in total. The van der Waals surface area contributed by atoms with Crippen LogP contribution in [0.15, 0.2) is 18.3 Å². The lowest BCUT2D eigenvalue weighted by Crippen LogP contribution is -2.69. The SMILES string of the molecule is COC1(C(F)(F)F)CN(Cc2ncccc2C)C1. The van der Waals surface area contributed by atoms with Crippen LogP contribution in [0.5, 0.6) is 0 Å². The molecule has 2 rings (SSSR count). The van der Waals surface area contributed by atoms with Crippen LogP contribution in [0.1, 0.15) is 11.3 Å². The van der Waals surface area contributed by atoms with Crippen LogP contribution in [0.3, 0.4) is 0 Å². The molecule has 1 saturated heterocycles. The first-order chi connectivity index (χ1) is 8.38. The highest BCUT2D eigenvalue weighted by Crippen LogP contribution is 2.40. The van der Waals surface area contributed by atoms with Crippen molar-refractivity contribution in [3.63, 3.8) is 0 Å². The van der Waals surface area contributed by atoms with Gasteiger partial charge in [0, 0.05) is 32.9 Å². The Hall–Kier alpha value is -1.14. The summed E-state index contributed by atoms with van der Waals surface area (Å²) in [5.41, 5.74) is -0.209. The Bertz CT molecular complexity index is 428. The van der Waals surface area contributed by atoms with E-state index < -0.39 is 11.8 Å². The van der Waals surface area contributed by atoms with E-state index in [1.165, 1.54) is 0 Å². The minimum Gasteiger partial charge on any atom is -0.366 e. The second kappa shape index (κ2) is 4.51. The summed E-state index contributed by atoms with van der Waals surface area (Å²) in [7, 11) is 1.11. The molecule has 0 aromatic carbocycles. The quantitative estimate of drug-likeness (QED) is 0.832. The van der Waals surface area contributed by atoms with E-state index in [9.17, 15) is 13.2 Å². The molecule has 0 bridgehead atoms. The molecule has 0 unspecified atom stereocenters. The van der Waals surface area contributed by atoms with Crippen LogP contribution in [0.4, 0.5) is 13.2 Å². The molecule has 0 aliphatic carbocycles. The van der Waals surface area contributed by atoms with Gasteiger partial charge in [-0.25, -0.2) is 0 Å². The Morgan fingerprint density at radius 1 is 1.44 bits per heavy atom. The van der Waals surface area contributed by atoms with E-state index >= 15 is 0 Å². The van der Waals surface area contributed by atoms with Crippen LogP contribution in [-0.4, -0.2) is 41.9 Å². The van der Waals surface area contributed by atoms with Gasteiger partial charge in [-0.2, -0.15) is 13.2 Å². The van der Waals surface area contributed by atoms with Crippen molar-refractivity contribution in [1.82, 2.24) is 9.88 Å². The van der Waals surface area contributed by atoms with Crippen molar-refractivity contribution in [1.29, 1.82) is 0 Å². The fourth-order valence-corrected chi connectivity index (χ4v) is 2.11. The highest BCUT2D eigenvalue weighted by atomic mass is 19.4. The molecule has 0 spiro atoms. The molecule has 0 N–H and O–H groups in total. The molecule has 1 aromatic heterocycles. The van der Waals surface area contributed by atoms with Crippen molar-refractivity contribution < 1.29 is 17.9 Å². The Morgan fingerprint density at radius 3 is 2.61 bits per heavy atom. The van der Waals surface area contributed by atoms with Gasteiger partial charge in [0.25, 0.3) is 0 Å². The molecule has 18 heavy (non-hydrogen) atoms. The van der Waals surface area contributed by atoms with Crippen molar-refractivity contribution in [3.8, 4) is 0 Å². The summed E-state index contributed by atoms with van der Waals surface area (Å²) in [6.45, 7) is 2.05. The maximum Gasteiger partial charge on any atom is 0.419 e. The largest absolute Gasteiger partial charge is 0.419 e. The van der Waals surface area contributed by atoms with E-state index in [0.717, 1.165) is 18.4 Å². The summed E-state index contributed by atoms with van der Waals surface area (Å²) in [4.78, 5) is 5.86. The fraction of sp³-hybridized carbons (Fsp3) is 0.583. The first-order valence-corrected chi connectivity index (χ1v) is 5.63. The smallest absolute Gasteiger partial charge is 0.366 e. The van der Waals surface area contributed by atoms with Crippen LogP contribution >= 0.6 is 0 Å². The minimum absolute atomic E-state index is 0.136. The summed E-state index contributed by atoms with van der Waals surface area (Å²) in [5.74, 6) is 0. The monoisotopic (exact) mass is 260 g/mol. The van der Waals surface area contributed by atoms with Crippen LogP contribution < -0.4 is 0 Å². The van der Waals surface area contributed by atoms with E-state index in [4.69, 9.17) is 0 Å². The zero-order chi connectivity index (χ0) is 13.4. The van der Waals surface area contributed by atoms with Crippen molar-refractivity contribution in [2.45, 2.75) is 25.2 Å². The molecule has 6 heteroatoms. The van der Waals surface area contributed by atoms with E-state index in [2.05, 4.69) is 9.72 Å². The van der Waals surface area contributed by atoms with Crippen molar-refractivity contribution in [3.05, 3.63) is 29.6 Å². The Balaban J connectivity index is 2.00. The molecule has 2 heterocycles. The van der Waals surface area contributed by atoms with E-state index in [1.807, 2.05) is 19.1 Å². The number of aromatic nitrogens is 1. The topological polar surface area (TPSA) is 25.4 Å². The number of aryl methyl sites for hydroxylation is 1. The predicted octanol–water partition coefficient (Wildman–Crippen LogP) is 2.15. The van der Waals surface area contributed by atoms with E-state index in [-0.39, 0.29) is 13.1 Å².